The van der Waals surface area contributed by atoms with Gasteiger partial charge in [-0.15, -0.1) is 0 Å². The number of carbonyl (C=O) groups excluding carboxylic acids is 2. The van der Waals surface area contributed by atoms with E-state index in [0.717, 1.165) is 6.07 Å². The second-order valence-corrected chi connectivity index (χ2v) is 10.8. The SMILES string of the molecule is COc1cc2c(Oc3ccc(NC(=O)C4(C(=O)Nc5ccc(F)cc5)CC4)cc3F)ccnc2cc1OCCOCCOCCC(=O)O. The number of aliphatic carboxylic acids is 1. The van der Waals surface area contributed by atoms with Crippen molar-refractivity contribution in [2.75, 3.05) is 50.8 Å². The molecular weight excluding hydrogens is 632 g/mol. The van der Waals surface area contributed by atoms with E-state index in [1.54, 1.807) is 18.2 Å². The van der Waals surface area contributed by atoms with Crippen LogP contribution in [0.5, 0.6) is 23.0 Å². The molecule has 1 fully saturated rings. The zero-order valence-electron chi connectivity index (χ0n) is 25.9. The highest BCUT2D eigenvalue weighted by molar-refractivity contribution is 6.16. The first-order chi connectivity index (χ1) is 23.2. The minimum absolute atomic E-state index is 0.0712. The first-order valence-corrected chi connectivity index (χ1v) is 15.0. The molecule has 1 aromatic heterocycles. The van der Waals surface area contributed by atoms with Crippen molar-refractivity contribution in [3.05, 3.63) is 78.5 Å². The van der Waals surface area contributed by atoms with Gasteiger partial charge in [-0.3, -0.25) is 19.4 Å². The number of nitrogens with one attached hydrogen (secondary N) is 2. The van der Waals surface area contributed by atoms with E-state index in [9.17, 15) is 18.8 Å². The molecule has 14 heteroatoms. The third kappa shape index (κ3) is 8.52. The van der Waals surface area contributed by atoms with Crippen molar-refractivity contribution in [2.45, 2.75) is 19.3 Å². The van der Waals surface area contributed by atoms with Crippen LogP contribution in [0.3, 0.4) is 0 Å². The molecule has 1 aliphatic rings. The summed E-state index contributed by atoms with van der Waals surface area (Å²) < 4.78 is 56.2. The quantitative estimate of drug-likeness (QED) is 0.0965. The van der Waals surface area contributed by atoms with Crippen molar-refractivity contribution in [2.24, 2.45) is 5.41 Å². The van der Waals surface area contributed by atoms with Crippen molar-refractivity contribution < 1.29 is 52.0 Å². The molecule has 12 nitrogen and oxygen atoms in total. The van der Waals surface area contributed by atoms with Crippen molar-refractivity contribution in [3.63, 3.8) is 0 Å². The predicted molar refractivity (Wildman–Crippen MR) is 169 cm³/mol. The van der Waals surface area contributed by atoms with E-state index < -0.39 is 34.8 Å². The Labute approximate surface area is 273 Å². The molecule has 3 N–H and O–H groups in total. The number of halogens is 2. The molecule has 5 rings (SSSR count). The average Bonchev–Trinajstić information content (AvgIpc) is 3.88. The summed E-state index contributed by atoms with van der Waals surface area (Å²) in [5.74, 6) is -2.26. The number of ether oxygens (including phenoxy) is 5. The number of nitrogens with zero attached hydrogens (tertiary/aromatic N) is 1. The van der Waals surface area contributed by atoms with Crippen LogP contribution in [0.4, 0.5) is 20.2 Å². The van der Waals surface area contributed by atoms with Gasteiger partial charge in [0.25, 0.3) is 0 Å². The van der Waals surface area contributed by atoms with Gasteiger partial charge in [-0.2, -0.15) is 0 Å². The molecule has 48 heavy (non-hydrogen) atoms. The summed E-state index contributed by atoms with van der Waals surface area (Å²) in [4.78, 5) is 40.7. The summed E-state index contributed by atoms with van der Waals surface area (Å²) in [5, 5.41) is 14.4. The van der Waals surface area contributed by atoms with Crippen LogP contribution >= 0.6 is 0 Å². The smallest absolute Gasteiger partial charge is 0.305 e. The molecule has 2 amide bonds. The number of carboxylic acid groups (broad SMARTS) is 1. The van der Waals surface area contributed by atoms with Crippen molar-refractivity contribution in [1.29, 1.82) is 0 Å². The zero-order valence-corrected chi connectivity index (χ0v) is 25.9. The number of rotatable bonds is 17. The maximum atomic E-state index is 15.2. The van der Waals surface area contributed by atoms with Gasteiger partial charge in [-0.25, -0.2) is 8.78 Å². The average molecular weight is 666 g/mol. The molecule has 4 aromatic rings. The Kier molecular flexibility index (Phi) is 11.0. The van der Waals surface area contributed by atoms with E-state index in [0.29, 0.717) is 46.7 Å². The highest BCUT2D eigenvalue weighted by Gasteiger charge is 2.56. The normalized spacial score (nSPS) is 13.1. The lowest BCUT2D eigenvalue weighted by Gasteiger charge is -2.16. The zero-order chi connectivity index (χ0) is 34.1. The molecule has 0 unspecified atom stereocenters. The largest absolute Gasteiger partial charge is 0.493 e. The van der Waals surface area contributed by atoms with E-state index in [-0.39, 0.29) is 50.9 Å². The lowest BCUT2D eigenvalue weighted by atomic mass is 10.0. The van der Waals surface area contributed by atoms with Crippen LogP contribution in [0.1, 0.15) is 19.3 Å². The van der Waals surface area contributed by atoms with Crippen LogP contribution in [0.15, 0.2) is 66.9 Å². The molecule has 1 aliphatic carbocycles. The maximum absolute atomic E-state index is 15.2. The van der Waals surface area contributed by atoms with Crippen LogP contribution in [-0.4, -0.2) is 68.0 Å². The van der Waals surface area contributed by atoms with Crippen LogP contribution < -0.4 is 24.8 Å². The van der Waals surface area contributed by atoms with E-state index in [1.807, 2.05) is 0 Å². The second-order valence-electron chi connectivity index (χ2n) is 10.8. The third-order valence-corrected chi connectivity index (χ3v) is 7.44. The standard InChI is InChI=1S/C34H33F2N3O9/c1-44-29-19-24-26(20-30(29)47-17-16-46-15-14-45-13-9-31(40)41)37-12-8-27(24)48-28-7-6-23(18-25(28)36)39-33(43)34(10-11-34)32(42)38-22-4-2-21(35)3-5-22/h2-8,12,18-20H,9-11,13-17H2,1H3,(H,38,42)(H,39,43)(H,40,41). The third-order valence-electron chi connectivity index (χ3n) is 7.44. The monoisotopic (exact) mass is 665 g/mol. The van der Waals surface area contributed by atoms with Gasteiger partial charge in [0.15, 0.2) is 23.1 Å². The predicted octanol–water partition coefficient (Wildman–Crippen LogP) is 5.56. The van der Waals surface area contributed by atoms with Crippen molar-refractivity contribution in [3.8, 4) is 23.0 Å². The summed E-state index contributed by atoms with van der Waals surface area (Å²) in [6.45, 7) is 1.10. The number of benzene rings is 3. The first kappa shape index (κ1) is 34.0. The van der Waals surface area contributed by atoms with Gasteiger partial charge in [0.2, 0.25) is 11.8 Å². The number of amides is 2. The Balaban J connectivity index is 1.18. The van der Waals surface area contributed by atoms with Gasteiger partial charge in [-0.05, 0) is 61.4 Å². The van der Waals surface area contributed by atoms with Crippen molar-refractivity contribution >= 4 is 40.1 Å². The lowest BCUT2D eigenvalue weighted by molar-refractivity contribution is -0.138. The van der Waals surface area contributed by atoms with Gasteiger partial charge in [0.1, 0.15) is 23.6 Å². The van der Waals surface area contributed by atoms with Gasteiger partial charge in [0.05, 0.1) is 45.5 Å². The Morgan fingerprint density at radius 1 is 0.792 bits per heavy atom. The number of hydrogen-bond acceptors (Lipinski definition) is 9. The topological polar surface area (TPSA) is 155 Å². The Morgan fingerprint density at radius 3 is 2.12 bits per heavy atom. The maximum Gasteiger partial charge on any atom is 0.305 e. The van der Waals surface area contributed by atoms with Crippen LogP contribution in [-0.2, 0) is 23.9 Å². The van der Waals surface area contributed by atoms with Gasteiger partial charge in [0, 0.05) is 35.1 Å². The molecule has 1 heterocycles. The van der Waals surface area contributed by atoms with Crippen LogP contribution in [0, 0.1) is 17.0 Å². The number of carboxylic acids is 1. The fraction of sp³-hybridized carbons (Fsp3) is 0.294. The van der Waals surface area contributed by atoms with E-state index in [1.165, 1.54) is 49.7 Å². The highest BCUT2D eigenvalue weighted by atomic mass is 19.1. The number of aromatic nitrogens is 1. The number of hydrogen-bond donors (Lipinski definition) is 3. The summed E-state index contributed by atoms with van der Waals surface area (Å²) in [5.41, 5.74) is -0.305. The molecule has 252 valence electrons. The lowest BCUT2D eigenvalue weighted by Crippen LogP contribution is -2.35. The van der Waals surface area contributed by atoms with Crippen LogP contribution in [0.2, 0.25) is 0 Å². The fourth-order valence-electron chi connectivity index (χ4n) is 4.68. The molecule has 0 saturated heterocycles. The van der Waals surface area contributed by atoms with Gasteiger partial charge < -0.3 is 39.4 Å². The molecule has 0 spiro atoms. The van der Waals surface area contributed by atoms with Gasteiger partial charge in [-0.1, -0.05) is 0 Å². The highest BCUT2D eigenvalue weighted by Crippen LogP contribution is 2.47. The Bertz CT molecular complexity index is 1780. The Hall–Kier alpha value is -5.34. The minimum Gasteiger partial charge on any atom is -0.493 e. The number of anilines is 2. The number of fused-ring (bicyclic) bond motifs is 1. The molecular formula is C34H33F2N3O9. The minimum atomic E-state index is -1.30. The number of carbonyl (C=O) groups is 3. The fourth-order valence-corrected chi connectivity index (χ4v) is 4.68. The van der Waals surface area contributed by atoms with Crippen LogP contribution in [0.25, 0.3) is 10.9 Å². The number of pyridine rings is 1. The first-order valence-electron chi connectivity index (χ1n) is 15.0. The van der Waals surface area contributed by atoms with Gasteiger partial charge >= 0.3 is 5.97 Å². The molecule has 0 aliphatic heterocycles. The van der Waals surface area contributed by atoms with E-state index in [2.05, 4.69) is 15.6 Å². The van der Waals surface area contributed by atoms with Crippen molar-refractivity contribution in [1.82, 2.24) is 4.98 Å². The molecule has 1 saturated carbocycles. The summed E-state index contributed by atoms with van der Waals surface area (Å²) in [6.07, 6.45) is 2.07. The molecule has 0 bridgehead atoms. The summed E-state index contributed by atoms with van der Waals surface area (Å²) >= 11 is 0. The summed E-state index contributed by atoms with van der Waals surface area (Å²) in [7, 11) is 1.47. The van der Waals surface area contributed by atoms with E-state index >= 15 is 4.39 Å². The summed E-state index contributed by atoms with van der Waals surface area (Å²) in [6, 6.07) is 14.0. The second kappa shape index (κ2) is 15.5. The van der Waals surface area contributed by atoms with E-state index in [4.69, 9.17) is 28.8 Å². The molecule has 0 atom stereocenters. The molecule has 3 aromatic carbocycles. The number of methoxy groups -OCH3 is 1. The Morgan fingerprint density at radius 2 is 1.46 bits per heavy atom. The molecule has 0 radical (unpaired) electrons.